The van der Waals surface area contributed by atoms with Gasteiger partial charge in [0.25, 0.3) is 0 Å². The van der Waals surface area contributed by atoms with Gasteiger partial charge >= 0.3 is 5.97 Å². The van der Waals surface area contributed by atoms with Gasteiger partial charge < -0.3 is 10.0 Å². The zero-order chi connectivity index (χ0) is 18.0. The van der Waals surface area contributed by atoms with Crippen molar-refractivity contribution in [3.63, 3.8) is 0 Å². The van der Waals surface area contributed by atoms with Crippen molar-refractivity contribution in [2.45, 2.75) is 38.1 Å². The molecule has 138 valence electrons. The number of aromatic nitrogens is 4. The SMILES string of the molecule is O=C(O)[C@@]12CC[C@@H](c3ccccc3)C[C@@H]1CN(CCCn1cnnn1)C2. The zero-order valence-electron chi connectivity index (χ0n) is 14.9. The first-order valence-electron chi connectivity index (χ1n) is 9.39. The highest BCUT2D eigenvalue weighted by Gasteiger charge is 2.54. The average Bonchev–Trinajstić information content (AvgIpc) is 3.29. The number of carboxylic acids is 1. The van der Waals surface area contributed by atoms with Crippen LogP contribution in [0.25, 0.3) is 0 Å². The van der Waals surface area contributed by atoms with E-state index in [0.717, 1.165) is 45.3 Å². The molecule has 1 aliphatic carbocycles. The monoisotopic (exact) mass is 355 g/mol. The molecule has 4 rings (SSSR count). The summed E-state index contributed by atoms with van der Waals surface area (Å²) in [6.07, 6.45) is 5.25. The second kappa shape index (κ2) is 7.15. The second-order valence-electron chi connectivity index (χ2n) is 7.70. The average molecular weight is 355 g/mol. The van der Waals surface area contributed by atoms with Crippen LogP contribution in [-0.2, 0) is 11.3 Å². The van der Waals surface area contributed by atoms with Crippen LogP contribution in [0.3, 0.4) is 0 Å². The Kier molecular flexibility index (Phi) is 4.72. The van der Waals surface area contributed by atoms with Gasteiger partial charge in [0.15, 0.2) is 0 Å². The smallest absolute Gasteiger partial charge is 0.311 e. The Labute approximate surface area is 153 Å². The molecule has 2 aromatic rings. The van der Waals surface area contributed by atoms with Gasteiger partial charge in [0.2, 0.25) is 0 Å². The van der Waals surface area contributed by atoms with Gasteiger partial charge in [-0.1, -0.05) is 30.3 Å². The van der Waals surface area contributed by atoms with Gasteiger partial charge in [-0.3, -0.25) is 4.79 Å². The number of likely N-dealkylation sites (tertiary alicyclic amines) is 1. The Bertz CT molecular complexity index is 736. The Morgan fingerprint density at radius 1 is 1.27 bits per heavy atom. The lowest BCUT2D eigenvalue weighted by atomic mass is 9.64. The summed E-state index contributed by atoms with van der Waals surface area (Å²) in [6.45, 7) is 3.21. The molecule has 0 bridgehead atoms. The standard InChI is InChI=1S/C19H25N5O2/c25-18(26)19-8-7-16(15-5-2-1-3-6-15)11-17(19)12-23(13-19)9-4-10-24-14-20-21-22-24/h1-3,5-6,14,16-17H,4,7-13H2,(H,25,26)/t16-,17-,19-/m1/s1. The maximum atomic E-state index is 12.1. The maximum Gasteiger partial charge on any atom is 0.311 e. The van der Waals surface area contributed by atoms with E-state index in [0.29, 0.717) is 12.5 Å². The number of rotatable bonds is 6. The van der Waals surface area contributed by atoms with Gasteiger partial charge in [0.05, 0.1) is 5.41 Å². The van der Waals surface area contributed by atoms with Crippen LogP contribution in [-0.4, -0.2) is 55.8 Å². The lowest BCUT2D eigenvalue weighted by molar-refractivity contribution is -0.152. The maximum absolute atomic E-state index is 12.1. The highest BCUT2D eigenvalue weighted by molar-refractivity contribution is 5.76. The number of hydrogen-bond donors (Lipinski definition) is 1. The molecule has 1 saturated carbocycles. The summed E-state index contributed by atoms with van der Waals surface area (Å²) in [5.74, 6) is 0.0961. The van der Waals surface area contributed by atoms with Crippen molar-refractivity contribution in [2.24, 2.45) is 11.3 Å². The van der Waals surface area contributed by atoms with Crippen molar-refractivity contribution < 1.29 is 9.90 Å². The number of aliphatic carboxylic acids is 1. The lowest BCUT2D eigenvalue weighted by Crippen LogP contribution is -2.42. The van der Waals surface area contributed by atoms with E-state index < -0.39 is 11.4 Å². The molecule has 1 aliphatic heterocycles. The van der Waals surface area contributed by atoms with E-state index in [9.17, 15) is 9.90 Å². The number of nitrogens with zero attached hydrogens (tertiary/aromatic N) is 5. The van der Waals surface area contributed by atoms with Gasteiger partial charge in [0, 0.05) is 19.6 Å². The van der Waals surface area contributed by atoms with Crippen LogP contribution in [0, 0.1) is 11.3 Å². The van der Waals surface area contributed by atoms with Crippen LogP contribution in [0.1, 0.15) is 37.2 Å². The van der Waals surface area contributed by atoms with Crippen LogP contribution < -0.4 is 0 Å². The number of aryl methyl sites for hydroxylation is 1. The Balaban J connectivity index is 1.41. The first-order chi connectivity index (χ1) is 12.7. The van der Waals surface area contributed by atoms with Crippen molar-refractivity contribution in [1.82, 2.24) is 25.1 Å². The topological polar surface area (TPSA) is 84.1 Å². The third-order valence-corrected chi connectivity index (χ3v) is 6.22. The van der Waals surface area contributed by atoms with E-state index in [1.807, 2.05) is 6.07 Å². The van der Waals surface area contributed by atoms with E-state index in [2.05, 4.69) is 44.7 Å². The molecule has 2 fully saturated rings. The molecule has 0 amide bonds. The summed E-state index contributed by atoms with van der Waals surface area (Å²) in [6, 6.07) is 10.5. The first-order valence-corrected chi connectivity index (χ1v) is 9.39. The predicted molar refractivity (Wildman–Crippen MR) is 95.5 cm³/mol. The third kappa shape index (κ3) is 3.23. The van der Waals surface area contributed by atoms with Crippen LogP contribution in [0.2, 0.25) is 0 Å². The molecule has 0 radical (unpaired) electrons. The normalized spacial score (nSPS) is 28.8. The minimum Gasteiger partial charge on any atom is -0.481 e. The van der Waals surface area contributed by atoms with E-state index in [4.69, 9.17) is 0 Å². The highest BCUT2D eigenvalue weighted by Crippen LogP contribution is 2.51. The number of benzene rings is 1. The number of carboxylic acid groups (broad SMARTS) is 1. The molecule has 1 saturated heterocycles. The minimum absolute atomic E-state index is 0.229. The molecular formula is C19H25N5O2. The summed E-state index contributed by atoms with van der Waals surface area (Å²) in [5, 5.41) is 21.2. The lowest BCUT2D eigenvalue weighted by Gasteiger charge is -2.38. The second-order valence-corrected chi connectivity index (χ2v) is 7.70. The Morgan fingerprint density at radius 3 is 2.85 bits per heavy atom. The molecule has 3 atom stereocenters. The highest BCUT2D eigenvalue weighted by atomic mass is 16.4. The van der Waals surface area contributed by atoms with Crippen molar-refractivity contribution >= 4 is 5.97 Å². The summed E-state index contributed by atoms with van der Waals surface area (Å²) in [5.41, 5.74) is 0.781. The van der Waals surface area contributed by atoms with Crippen molar-refractivity contribution in [1.29, 1.82) is 0 Å². The fourth-order valence-electron chi connectivity index (χ4n) is 4.84. The van der Waals surface area contributed by atoms with E-state index in [-0.39, 0.29) is 5.92 Å². The molecule has 1 aromatic carbocycles. The number of tetrazole rings is 1. The van der Waals surface area contributed by atoms with Crippen molar-refractivity contribution in [3.05, 3.63) is 42.2 Å². The number of fused-ring (bicyclic) bond motifs is 1. The summed E-state index contributed by atoms with van der Waals surface area (Å²) in [4.78, 5) is 14.5. The molecule has 1 N–H and O–H groups in total. The number of carbonyl (C=O) groups is 1. The van der Waals surface area contributed by atoms with Gasteiger partial charge in [-0.05, 0) is 60.1 Å². The zero-order valence-corrected chi connectivity index (χ0v) is 14.9. The van der Waals surface area contributed by atoms with Crippen molar-refractivity contribution in [3.8, 4) is 0 Å². The van der Waals surface area contributed by atoms with Gasteiger partial charge in [-0.25, -0.2) is 4.68 Å². The number of hydrogen-bond acceptors (Lipinski definition) is 5. The third-order valence-electron chi connectivity index (χ3n) is 6.22. The Morgan fingerprint density at radius 2 is 2.12 bits per heavy atom. The first kappa shape index (κ1) is 17.1. The molecule has 1 aromatic heterocycles. The largest absolute Gasteiger partial charge is 0.481 e. The fourth-order valence-corrected chi connectivity index (χ4v) is 4.84. The summed E-state index contributed by atoms with van der Waals surface area (Å²) >= 11 is 0. The fraction of sp³-hybridized carbons (Fsp3) is 0.579. The van der Waals surface area contributed by atoms with Crippen molar-refractivity contribution in [2.75, 3.05) is 19.6 Å². The summed E-state index contributed by atoms with van der Waals surface area (Å²) in [7, 11) is 0. The van der Waals surface area contributed by atoms with E-state index in [1.165, 1.54) is 5.56 Å². The van der Waals surface area contributed by atoms with Gasteiger partial charge in [-0.15, -0.1) is 5.10 Å². The van der Waals surface area contributed by atoms with Crippen LogP contribution >= 0.6 is 0 Å². The molecule has 7 nitrogen and oxygen atoms in total. The van der Waals surface area contributed by atoms with Gasteiger partial charge in [-0.2, -0.15) is 0 Å². The molecule has 26 heavy (non-hydrogen) atoms. The molecular weight excluding hydrogens is 330 g/mol. The molecule has 2 aliphatic rings. The van der Waals surface area contributed by atoms with E-state index in [1.54, 1.807) is 11.0 Å². The molecule has 0 unspecified atom stereocenters. The predicted octanol–water partition coefficient (Wildman–Crippen LogP) is 2.03. The molecule has 2 heterocycles. The minimum atomic E-state index is -0.614. The Hall–Kier alpha value is -2.28. The van der Waals surface area contributed by atoms with Crippen LogP contribution in [0.15, 0.2) is 36.7 Å². The van der Waals surface area contributed by atoms with E-state index >= 15 is 0 Å². The molecule has 0 spiro atoms. The molecule has 7 heteroatoms. The van der Waals surface area contributed by atoms with Crippen LogP contribution in [0.5, 0.6) is 0 Å². The van der Waals surface area contributed by atoms with Crippen LogP contribution in [0.4, 0.5) is 0 Å². The quantitative estimate of drug-likeness (QED) is 0.854. The van der Waals surface area contributed by atoms with Gasteiger partial charge in [0.1, 0.15) is 6.33 Å². The summed E-state index contributed by atoms with van der Waals surface area (Å²) < 4.78 is 1.72.